The fourth-order valence-corrected chi connectivity index (χ4v) is 4.13. The fourth-order valence-electron chi connectivity index (χ4n) is 3.84. The van der Waals surface area contributed by atoms with Crippen LogP contribution >= 0.6 is 11.6 Å². The second kappa shape index (κ2) is 8.84. The van der Waals surface area contributed by atoms with E-state index in [-0.39, 0.29) is 24.1 Å². The highest BCUT2D eigenvalue weighted by Crippen LogP contribution is 2.32. The molecule has 0 N–H and O–H groups in total. The van der Waals surface area contributed by atoms with Gasteiger partial charge in [-0.05, 0) is 42.3 Å². The number of likely N-dealkylation sites (tertiary alicyclic amines) is 1. The Balaban J connectivity index is 1.18. The summed E-state index contributed by atoms with van der Waals surface area (Å²) in [7, 11) is 0. The third-order valence-electron chi connectivity index (χ3n) is 5.50. The molecule has 0 bridgehead atoms. The van der Waals surface area contributed by atoms with Gasteiger partial charge < -0.3 is 14.2 Å². The number of halogens is 1. The van der Waals surface area contributed by atoms with E-state index in [1.54, 1.807) is 22.0 Å². The molecular formula is C23H20ClN5O3. The average Bonchev–Trinajstić information content (AvgIpc) is 3.60. The monoisotopic (exact) mass is 449 g/mol. The van der Waals surface area contributed by atoms with Gasteiger partial charge in [0.25, 0.3) is 5.91 Å². The first kappa shape index (κ1) is 20.3. The van der Waals surface area contributed by atoms with Gasteiger partial charge in [0, 0.05) is 30.1 Å². The number of amides is 1. The molecule has 5 rings (SSSR count). The highest BCUT2D eigenvalue weighted by molar-refractivity contribution is 6.31. The van der Waals surface area contributed by atoms with Crippen LogP contribution in [0.1, 0.15) is 34.2 Å². The largest absolute Gasteiger partial charge is 0.486 e. The highest BCUT2D eigenvalue weighted by Gasteiger charge is 2.30. The van der Waals surface area contributed by atoms with Crippen LogP contribution in [0.5, 0.6) is 5.75 Å². The van der Waals surface area contributed by atoms with Crippen LogP contribution in [0.25, 0.3) is 5.69 Å². The van der Waals surface area contributed by atoms with Crippen LogP contribution in [-0.2, 0) is 6.61 Å². The maximum Gasteiger partial charge on any atom is 0.276 e. The standard InChI is InChI=1S/C23H20ClN5O3/c24-21-4-2-1-3-20(21)16-9-10-28(12-16)23(30)22-11-19(32-27-22)13-31-18-7-5-17(6-8-18)29-15-25-14-26-29/h1-8,11,14-16H,9-10,12-13H2. The van der Waals surface area contributed by atoms with Crippen molar-refractivity contribution in [1.29, 1.82) is 0 Å². The zero-order chi connectivity index (χ0) is 21.9. The summed E-state index contributed by atoms with van der Waals surface area (Å²) >= 11 is 6.32. The van der Waals surface area contributed by atoms with E-state index < -0.39 is 0 Å². The summed E-state index contributed by atoms with van der Waals surface area (Å²) in [4.78, 5) is 18.6. The molecule has 1 amide bonds. The Kier molecular flexibility index (Phi) is 5.60. The number of rotatable bonds is 6. The molecule has 0 spiro atoms. The van der Waals surface area contributed by atoms with Gasteiger partial charge in [0.05, 0.1) is 5.69 Å². The summed E-state index contributed by atoms with van der Waals surface area (Å²) in [5, 5.41) is 8.77. The molecule has 0 aliphatic carbocycles. The molecule has 0 saturated carbocycles. The lowest BCUT2D eigenvalue weighted by molar-refractivity contribution is 0.0780. The first-order valence-electron chi connectivity index (χ1n) is 10.2. The summed E-state index contributed by atoms with van der Waals surface area (Å²) in [6, 6.07) is 16.8. The Labute approximate surface area is 189 Å². The van der Waals surface area contributed by atoms with E-state index in [2.05, 4.69) is 15.2 Å². The van der Waals surface area contributed by atoms with Crippen molar-refractivity contribution in [3.63, 3.8) is 0 Å². The lowest BCUT2D eigenvalue weighted by Crippen LogP contribution is -2.28. The molecule has 2 aromatic carbocycles. The van der Waals surface area contributed by atoms with Crippen molar-refractivity contribution in [3.8, 4) is 11.4 Å². The molecule has 4 aromatic rings. The second-order valence-electron chi connectivity index (χ2n) is 7.56. The Morgan fingerprint density at radius 1 is 1.19 bits per heavy atom. The van der Waals surface area contributed by atoms with Gasteiger partial charge in [0.15, 0.2) is 11.5 Å². The first-order valence-corrected chi connectivity index (χ1v) is 10.6. The molecular weight excluding hydrogens is 430 g/mol. The maximum atomic E-state index is 12.9. The Hall–Kier alpha value is -3.65. The van der Waals surface area contributed by atoms with Crippen molar-refractivity contribution in [2.75, 3.05) is 13.1 Å². The van der Waals surface area contributed by atoms with Gasteiger partial charge in [-0.3, -0.25) is 4.79 Å². The fraction of sp³-hybridized carbons (Fsp3) is 0.217. The molecule has 9 heteroatoms. The van der Waals surface area contributed by atoms with Crippen molar-refractivity contribution in [2.24, 2.45) is 0 Å². The van der Waals surface area contributed by atoms with E-state index in [1.165, 1.54) is 6.33 Å². The Morgan fingerprint density at radius 3 is 2.81 bits per heavy atom. The predicted molar refractivity (Wildman–Crippen MR) is 117 cm³/mol. The molecule has 8 nitrogen and oxygen atoms in total. The van der Waals surface area contributed by atoms with E-state index in [4.69, 9.17) is 20.9 Å². The number of ether oxygens (including phenoxy) is 1. The van der Waals surface area contributed by atoms with Gasteiger partial charge in [0.1, 0.15) is 25.0 Å². The molecule has 162 valence electrons. The molecule has 1 saturated heterocycles. The molecule has 1 aliphatic rings. The number of carbonyl (C=O) groups is 1. The van der Waals surface area contributed by atoms with E-state index >= 15 is 0 Å². The number of hydrogen-bond donors (Lipinski definition) is 0. The van der Waals surface area contributed by atoms with Crippen LogP contribution in [0.15, 0.2) is 71.8 Å². The normalized spacial score (nSPS) is 15.8. The van der Waals surface area contributed by atoms with E-state index in [9.17, 15) is 4.79 Å². The smallest absolute Gasteiger partial charge is 0.276 e. The summed E-state index contributed by atoms with van der Waals surface area (Å²) in [6.45, 7) is 1.44. The van der Waals surface area contributed by atoms with Crippen LogP contribution in [0.3, 0.4) is 0 Å². The molecule has 32 heavy (non-hydrogen) atoms. The van der Waals surface area contributed by atoms with E-state index in [0.717, 1.165) is 22.7 Å². The quantitative estimate of drug-likeness (QED) is 0.440. The SMILES string of the molecule is O=C(c1cc(COc2ccc(-n3cncn3)cc2)on1)N1CCC(c2ccccc2Cl)C1. The van der Waals surface area contributed by atoms with Crippen LogP contribution in [0.2, 0.25) is 5.02 Å². The summed E-state index contributed by atoms with van der Waals surface area (Å²) in [6.07, 6.45) is 3.97. The summed E-state index contributed by atoms with van der Waals surface area (Å²) in [5.74, 6) is 1.23. The average molecular weight is 450 g/mol. The Morgan fingerprint density at radius 2 is 2.03 bits per heavy atom. The maximum absolute atomic E-state index is 12.9. The molecule has 3 heterocycles. The lowest BCUT2D eigenvalue weighted by Gasteiger charge is -2.15. The van der Waals surface area contributed by atoms with Crippen molar-refractivity contribution in [1.82, 2.24) is 24.8 Å². The molecule has 1 aliphatic heterocycles. The van der Waals surface area contributed by atoms with Crippen LogP contribution in [0, 0.1) is 0 Å². The van der Waals surface area contributed by atoms with Crippen LogP contribution < -0.4 is 4.74 Å². The topological polar surface area (TPSA) is 86.3 Å². The van der Waals surface area contributed by atoms with Gasteiger partial charge in [0.2, 0.25) is 0 Å². The van der Waals surface area contributed by atoms with Crippen molar-refractivity contribution in [3.05, 3.63) is 89.3 Å². The third kappa shape index (κ3) is 4.22. The zero-order valence-electron chi connectivity index (χ0n) is 17.1. The van der Waals surface area contributed by atoms with Gasteiger partial charge in [-0.1, -0.05) is 35.0 Å². The van der Waals surface area contributed by atoms with Gasteiger partial charge in [-0.2, -0.15) is 5.10 Å². The van der Waals surface area contributed by atoms with Gasteiger partial charge in [-0.15, -0.1) is 0 Å². The third-order valence-corrected chi connectivity index (χ3v) is 5.84. The predicted octanol–water partition coefficient (Wildman–Crippen LogP) is 4.12. The molecule has 2 aromatic heterocycles. The van der Waals surface area contributed by atoms with Gasteiger partial charge >= 0.3 is 0 Å². The number of aromatic nitrogens is 4. The number of carbonyl (C=O) groups excluding carboxylic acids is 1. The van der Waals surface area contributed by atoms with Crippen molar-refractivity contribution < 1.29 is 14.1 Å². The van der Waals surface area contributed by atoms with E-state index in [1.807, 2.05) is 48.5 Å². The second-order valence-corrected chi connectivity index (χ2v) is 7.97. The molecule has 1 unspecified atom stereocenters. The minimum atomic E-state index is -0.147. The number of hydrogen-bond acceptors (Lipinski definition) is 6. The zero-order valence-corrected chi connectivity index (χ0v) is 17.9. The first-order chi connectivity index (χ1) is 15.7. The van der Waals surface area contributed by atoms with Crippen molar-refractivity contribution in [2.45, 2.75) is 18.9 Å². The summed E-state index contributed by atoms with van der Waals surface area (Å²) in [5.41, 5.74) is 2.24. The Bertz CT molecular complexity index is 1210. The van der Waals surface area contributed by atoms with Crippen molar-refractivity contribution >= 4 is 17.5 Å². The van der Waals surface area contributed by atoms with E-state index in [0.29, 0.717) is 24.6 Å². The van der Waals surface area contributed by atoms with Crippen LogP contribution in [-0.4, -0.2) is 43.8 Å². The number of nitrogens with zero attached hydrogens (tertiary/aromatic N) is 5. The molecule has 0 radical (unpaired) electrons. The molecule has 1 atom stereocenters. The van der Waals surface area contributed by atoms with Gasteiger partial charge in [-0.25, -0.2) is 9.67 Å². The molecule has 1 fully saturated rings. The lowest BCUT2D eigenvalue weighted by atomic mass is 9.98. The minimum Gasteiger partial charge on any atom is -0.486 e. The minimum absolute atomic E-state index is 0.147. The van der Waals surface area contributed by atoms with Crippen LogP contribution in [0.4, 0.5) is 0 Å². The number of benzene rings is 2. The summed E-state index contributed by atoms with van der Waals surface area (Å²) < 4.78 is 12.7. The highest BCUT2D eigenvalue weighted by atomic mass is 35.5.